The highest BCUT2D eigenvalue weighted by Gasteiger charge is 2.27. The molecule has 0 bridgehead atoms. The molecule has 0 atom stereocenters. The van der Waals surface area contributed by atoms with Crippen LogP contribution in [0.15, 0.2) is 18.2 Å². The Morgan fingerprint density at radius 3 is 2.78 bits per heavy atom. The monoisotopic (exact) mass is 267 g/mol. The number of carbonyl (C=O) groups is 1. The minimum Gasteiger partial charge on any atom is -0.443 e. The smallest absolute Gasteiger partial charge is 0.414 e. The van der Waals surface area contributed by atoms with E-state index in [1.54, 1.807) is 4.90 Å². The molecule has 18 heavy (non-hydrogen) atoms. The number of rotatable bonds is 0. The minimum atomic E-state index is -0.471. The van der Waals surface area contributed by atoms with Gasteiger partial charge in [0.2, 0.25) is 0 Å². The van der Waals surface area contributed by atoms with Gasteiger partial charge in [-0.1, -0.05) is 11.6 Å². The number of benzene rings is 1. The van der Waals surface area contributed by atoms with Gasteiger partial charge in [-0.05, 0) is 57.4 Å². The van der Waals surface area contributed by atoms with E-state index in [2.05, 4.69) is 0 Å². The fraction of sp³-hybridized carbons (Fsp3) is 0.500. The molecule has 1 aromatic rings. The molecule has 1 amide bonds. The van der Waals surface area contributed by atoms with Crippen molar-refractivity contribution in [1.29, 1.82) is 0 Å². The van der Waals surface area contributed by atoms with Crippen molar-refractivity contribution in [3.63, 3.8) is 0 Å². The Morgan fingerprint density at radius 1 is 1.39 bits per heavy atom. The van der Waals surface area contributed by atoms with Crippen molar-refractivity contribution in [3.8, 4) is 0 Å². The standard InChI is InChI=1S/C14H18ClNO2/c1-14(2,3)18-13(17)16-8-4-5-10-9-11(15)6-7-12(10)16/h6-7,9H,4-5,8H2,1-3H3. The fourth-order valence-electron chi connectivity index (χ4n) is 2.07. The van der Waals surface area contributed by atoms with Gasteiger partial charge < -0.3 is 4.74 Å². The van der Waals surface area contributed by atoms with Gasteiger partial charge in [0.15, 0.2) is 0 Å². The van der Waals surface area contributed by atoms with E-state index < -0.39 is 5.60 Å². The number of amides is 1. The largest absolute Gasteiger partial charge is 0.443 e. The van der Waals surface area contributed by atoms with E-state index in [1.165, 1.54) is 0 Å². The third-order valence-corrected chi connectivity index (χ3v) is 3.01. The molecule has 0 N–H and O–H groups in total. The normalized spacial score (nSPS) is 15.2. The van der Waals surface area contributed by atoms with Crippen LogP contribution in [-0.2, 0) is 11.2 Å². The first-order valence-electron chi connectivity index (χ1n) is 6.16. The van der Waals surface area contributed by atoms with E-state index in [4.69, 9.17) is 16.3 Å². The number of ether oxygens (including phenoxy) is 1. The third-order valence-electron chi connectivity index (χ3n) is 2.77. The Kier molecular flexibility index (Phi) is 3.53. The number of hydrogen-bond acceptors (Lipinski definition) is 2. The van der Waals surface area contributed by atoms with E-state index in [0.29, 0.717) is 11.6 Å². The SMILES string of the molecule is CC(C)(C)OC(=O)N1CCCc2cc(Cl)ccc21. The summed E-state index contributed by atoms with van der Waals surface area (Å²) < 4.78 is 5.42. The Labute approximate surface area is 113 Å². The van der Waals surface area contributed by atoms with Crippen LogP contribution >= 0.6 is 11.6 Å². The molecule has 3 nitrogen and oxygen atoms in total. The van der Waals surface area contributed by atoms with Crippen molar-refractivity contribution in [3.05, 3.63) is 28.8 Å². The maximum atomic E-state index is 12.1. The molecule has 1 aliphatic heterocycles. The first kappa shape index (κ1) is 13.2. The van der Waals surface area contributed by atoms with Gasteiger partial charge in [0.1, 0.15) is 5.60 Å². The zero-order chi connectivity index (χ0) is 13.3. The lowest BCUT2D eigenvalue weighted by atomic mass is 10.0. The number of halogens is 1. The molecule has 1 heterocycles. The summed E-state index contributed by atoms with van der Waals surface area (Å²) in [5.74, 6) is 0. The van der Waals surface area contributed by atoms with Crippen LogP contribution in [-0.4, -0.2) is 18.2 Å². The lowest BCUT2D eigenvalue weighted by molar-refractivity contribution is 0.0578. The van der Waals surface area contributed by atoms with Gasteiger partial charge in [0, 0.05) is 11.6 Å². The van der Waals surface area contributed by atoms with Crippen molar-refractivity contribution in [1.82, 2.24) is 0 Å². The Balaban J connectivity index is 2.25. The van der Waals surface area contributed by atoms with Gasteiger partial charge >= 0.3 is 6.09 Å². The highest BCUT2D eigenvalue weighted by Crippen LogP contribution is 2.30. The molecule has 0 saturated heterocycles. The Bertz CT molecular complexity index is 465. The van der Waals surface area contributed by atoms with Crippen LogP contribution in [0.1, 0.15) is 32.8 Å². The summed E-state index contributed by atoms with van der Waals surface area (Å²) in [7, 11) is 0. The molecule has 4 heteroatoms. The number of fused-ring (bicyclic) bond motifs is 1. The summed E-state index contributed by atoms with van der Waals surface area (Å²) in [6, 6.07) is 5.62. The first-order valence-corrected chi connectivity index (χ1v) is 6.53. The number of carbonyl (C=O) groups excluding carboxylic acids is 1. The summed E-state index contributed by atoms with van der Waals surface area (Å²) in [4.78, 5) is 13.8. The third kappa shape index (κ3) is 2.96. The van der Waals surface area contributed by atoms with Gasteiger partial charge in [-0.25, -0.2) is 4.79 Å². The lowest BCUT2D eigenvalue weighted by Gasteiger charge is -2.31. The molecular formula is C14H18ClNO2. The van der Waals surface area contributed by atoms with E-state index >= 15 is 0 Å². The van der Waals surface area contributed by atoms with Crippen molar-refractivity contribution in [2.24, 2.45) is 0 Å². The molecule has 98 valence electrons. The van der Waals surface area contributed by atoms with E-state index in [1.807, 2.05) is 39.0 Å². The van der Waals surface area contributed by atoms with Gasteiger partial charge in [0.25, 0.3) is 0 Å². The summed E-state index contributed by atoms with van der Waals surface area (Å²) >= 11 is 5.98. The molecule has 0 fully saturated rings. The Morgan fingerprint density at radius 2 is 2.11 bits per heavy atom. The number of nitrogens with zero attached hydrogens (tertiary/aromatic N) is 1. The molecule has 0 aromatic heterocycles. The summed E-state index contributed by atoms with van der Waals surface area (Å²) in [5, 5.41) is 0.708. The molecule has 0 saturated carbocycles. The molecule has 0 radical (unpaired) electrons. The predicted molar refractivity (Wildman–Crippen MR) is 73.4 cm³/mol. The van der Waals surface area contributed by atoms with E-state index in [-0.39, 0.29) is 6.09 Å². The quantitative estimate of drug-likeness (QED) is 0.710. The zero-order valence-electron chi connectivity index (χ0n) is 11.0. The van der Waals surface area contributed by atoms with Crippen LogP contribution in [0.2, 0.25) is 5.02 Å². The number of hydrogen-bond donors (Lipinski definition) is 0. The van der Waals surface area contributed by atoms with E-state index in [0.717, 1.165) is 24.1 Å². The van der Waals surface area contributed by atoms with Crippen LogP contribution in [0, 0.1) is 0 Å². The fourth-order valence-corrected chi connectivity index (χ4v) is 2.27. The zero-order valence-corrected chi connectivity index (χ0v) is 11.8. The van der Waals surface area contributed by atoms with E-state index in [9.17, 15) is 4.79 Å². The second-order valence-electron chi connectivity index (χ2n) is 5.51. The minimum absolute atomic E-state index is 0.286. The topological polar surface area (TPSA) is 29.5 Å². The van der Waals surface area contributed by atoms with Gasteiger partial charge in [-0.15, -0.1) is 0 Å². The van der Waals surface area contributed by atoms with Crippen LogP contribution in [0.25, 0.3) is 0 Å². The van der Waals surface area contributed by atoms with Gasteiger partial charge in [-0.3, -0.25) is 4.90 Å². The molecule has 0 aliphatic carbocycles. The average molecular weight is 268 g/mol. The second kappa shape index (κ2) is 4.81. The van der Waals surface area contributed by atoms with Gasteiger partial charge in [-0.2, -0.15) is 0 Å². The van der Waals surface area contributed by atoms with Crippen LogP contribution in [0.3, 0.4) is 0 Å². The lowest BCUT2D eigenvalue weighted by Crippen LogP contribution is -2.39. The highest BCUT2D eigenvalue weighted by atomic mass is 35.5. The first-order chi connectivity index (χ1) is 8.37. The number of aryl methyl sites for hydroxylation is 1. The second-order valence-corrected chi connectivity index (χ2v) is 5.95. The maximum absolute atomic E-state index is 12.1. The Hall–Kier alpha value is -1.22. The predicted octanol–water partition coefficient (Wildman–Crippen LogP) is 4.03. The summed E-state index contributed by atoms with van der Waals surface area (Å²) in [5.41, 5.74) is 1.56. The summed E-state index contributed by atoms with van der Waals surface area (Å²) in [6.07, 6.45) is 1.60. The summed E-state index contributed by atoms with van der Waals surface area (Å²) in [6.45, 7) is 6.32. The molecule has 1 aromatic carbocycles. The van der Waals surface area contributed by atoms with Crippen molar-refractivity contribution >= 4 is 23.4 Å². The average Bonchev–Trinajstić information content (AvgIpc) is 2.25. The maximum Gasteiger partial charge on any atom is 0.414 e. The van der Waals surface area contributed by atoms with Crippen LogP contribution < -0.4 is 4.90 Å². The molecule has 0 spiro atoms. The van der Waals surface area contributed by atoms with Crippen LogP contribution in [0.4, 0.5) is 10.5 Å². The van der Waals surface area contributed by atoms with Crippen molar-refractivity contribution in [2.75, 3.05) is 11.4 Å². The molecule has 2 rings (SSSR count). The number of anilines is 1. The molecule has 0 unspecified atom stereocenters. The van der Waals surface area contributed by atoms with Crippen LogP contribution in [0.5, 0.6) is 0 Å². The van der Waals surface area contributed by atoms with Crippen molar-refractivity contribution in [2.45, 2.75) is 39.2 Å². The molecule has 1 aliphatic rings. The molecular weight excluding hydrogens is 250 g/mol. The van der Waals surface area contributed by atoms with Gasteiger partial charge in [0.05, 0.1) is 5.69 Å². The van der Waals surface area contributed by atoms with Crippen molar-refractivity contribution < 1.29 is 9.53 Å². The highest BCUT2D eigenvalue weighted by molar-refractivity contribution is 6.30.